The monoisotopic (exact) mass is 873 g/mol. The van der Waals surface area contributed by atoms with Crippen LogP contribution in [0.2, 0.25) is 5.04 Å². The zero-order chi connectivity index (χ0) is 44.2. The van der Waals surface area contributed by atoms with Crippen molar-refractivity contribution in [1.29, 1.82) is 0 Å². The second-order valence-electron chi connectivity index (χ2n) is 18.1. The quantitative estimate of drug-likeness (QED) is 0.0771. The molecule has 0 bridgehead atoms. The number of rotatable bonds is 15. The normalized spacial score (nSPS) is 19.8. The first-order chi connectivity index (χ1) is 31.2. The summed E-state index contributed by atoms with van der Waals surface area (Å²) in [5, 5.41) is 17.8. The Labute approximate surface area is 377 Å². The molecule has 10 nitrogen and oxygen atoms in total. The highest BCUT2D eigenvalue weighted by Gasteiger charge is 2.51. The summed E-state index contributed by atoms with van der Waals surface area (Å²) in [5.74, 6) is 0.694. The summed E-state index contributed by atoms with van der Waals surface area (Å²) in [4.78, 5) is 13.9. The van der Waals surface area contributed by atoms with Crippen LogP contribution in [0, 0.1) is 0 Å². The van der Waals surface area contributed by atoms with Crippen molar-refractivity contribution in [2.45, 2.75) is 101 Å². The predicted molar refractivity (Wildman–Crippen MR) is 254 cm³/mol. The lowest BCUT2D eigenvalue weighted by Crippen LogP contribution is -2.66. The molecule has 1 aliphatic heterocycles. The predicted octanol–water partition coefficient (Wildman–Crippen LogP) is 8.93. The fourth-order valence-corrected chi connectivity index (χ4v) is 14.7. The van der Waals surface area contributed by atoms with Crippen LogP contribution in [0.5, 0.6) is 0 Å². The topological polar surface area (TPSA) is 113 Å². The van der Waals surface area contributed by atoms with Crippen LogP contribution >= 0.6 is 0 Å². The minimum Gasteiger partial charge on any atom is -0.403 e. The van der Waals surface area contributed by atoms with Crippen molar-refractivity contribution < 1.29 is 23.7 Å². The van der Waals surface area contributed by atoms with Gasteiger partial charge in [0, 0.05) is 13.2 Å². The number of anilines is 1. The van der Waals surface area contributed by atoms with Crippen molar-refractivity contribution in [2.75, 3.05) is 19.0 Å². The Morgan fingerprint density at radius 1 is 0.734 bits per heavy atom. The molecule has 11 heteroatoms. The Morgan fingerprint density at radius 2 is 1.31 bits per heavy atom. The van der Waals surface area contributed by atoms with Gasteiger partial charge in [0.1, 0.15) is 30.2 Å². The average Bonchev–Trinajstić information content (AvgIpc) is 3.91. The lowest BCUT2D eigenvalue weighted by Gasteiger charge is -2.43. The van der Waals surface area contributed by atoms with E-state index in [9.17, 15) is 5.11 Å². The number of ether oxygens (including phenoxy) is 3. The summed E-state index contributed by atoms with van der Waals surface area (Å²) in [6.07, 6.45) is 5.79. The van der Waals surface area contributed by atoms with Crippen LogP contribution in [-0.2, 0) is 30.8 Å². The molecule has 0 unspecified atom stereocenters. The zero-order valence-electron chi connectivity index (χ0n) is 37.2. The number of imidazole rings is 1. The number of aliphatic hydroxyl groups is 1. The highest BCUT2D eigenvalue weighted by atomic mass is 28.4. The first kappa shape index (κ1) is 43.7. The van der Waals surface area contributed by atoms with Crippen molar-refractivity contribution in [3.05, 3.63) is 181 Å². The number of aromatic nitrogens is 4. The Hall–Kier alpha value is -5.53. The SMILES string of the molecule is CO[C@H]1[C@@H](O)[C@H](n2cnc3c(NC4CCCCC4)ncnc32)O[C@@H]1COC(c1ccccc1)(c1ccccc1)c1ccccc1CO[Si](c1ccccc1)(c1ccccc1)C(C)(C)C. The van der Waals surface area contributed by atoms with Gasteiger partial charge in [0.25, 0.3) is 8.32 Å². The second-order valence-corrected chi connectivity index (χ2v) is 22.4. The van der Waals surface area contributed by atoms with E-state index in [2.05, 4.69) is 145 Å². The Bertz CT molecular complexity index is 2510. The van der Waals surface area contributed by atoms with Crippen LogP contribution in [0.3, 0.4) is 0 Å². The molecule has 1 saturated heterocycles. The lowest BCUT2D eigenvalue weighted by atomic mass is 9.78. The molecule has 7 aromatic rings. The summed E-state index contributed by atoms with van der Waals surface area (Å²) < 4.78 is 29.8. The summed E-state index contributed by atoms with van der Waals surface area (Å²) >= 11 is 0. The number of hydrogen-bond donors (Lipinski definition) is 2. The molecule has 0 spiro atoms. The summed E-state index contributed by atoms with van der Waals surface area (Å²) in [6, 6.07) is 51.0. The molecule has 2 N–H and O–H groups in total. The van der Waals surface area contributed by atoms with E-state index in [0.717, 1.165) is 35.1 Å². The van der Waals surface area contributed by atoms with Crippen LogP contribution in [0.25, 0.3) is 11.2 Å². The number of benzene rings is 5. The molecule has 64 heavy (non-hydrogen) atoms. The largest absolute Gasteiger partial charge is 0.403 e. The Kier molecular flexibility index (Phi) is 12.9. The van der Waals surface area contributed by atoms with Crippen LogP contribution in [0.1, 0.15) is 81.4 Å². The van der Waals surface area contributed by atoms with E-state index >= 15 is 0 Å². The number of aliphatic hydroxyl groups excluding tert-OH is 1. The molecule has 3 heterocycles. The molecule has 330 valence electrons. The maximum atomic E-state index is 12.0. The van der Waals surface area contributed by atoms with Crippen molar-refractivity contribution in [1.82, 2.24) is 19.5 Å². The van der Waals surface area contributed by atoms with Gasteiger partial charge < -0.3 is 29.1 Å². The summed E-state index contributed by atoms with van der Waals surface area (Å²) in [7, 11) is -1.33. The fraction of sp³-hybridized carbons (Fsp3) is 0.340. The van der Waals surface area contributed by atoms with Gasteiger partial charge in [0.2, 0.25) is 0 Å². The molecule has 2 aromatic heterocycles. The maximum absolute atomic E-state index is 12.0. The molecule has 4 atom stereocenters. The molecule has 0 amide bonds. The first-order valence-electron chi connectivity index (χ1n) is 22.6. The zero-order valence-corrected chi connectivity index (χ0v) is 38.2. The second kappa shape index (κ2) is 18.9. The van der Waals surface area contributed by atoms with Gasteiger partial charge in [-0.25, -0.2) is 15.0 Å². The van der Waals surface area contributed by atoms with Crippen LogP contribution in [0.4, 0.5) is 5.82 Å². The van der Waals surface area contributed by atoms with Crippen LogP contribution in [-0.4, -0.2) is 71.0 Å². The van der Waals surface area contributed by atoms with E-state index in [4.69, 9.17) is 23.6 Å². The third kappa shape index (κ3) is 8.21. The average molecular weight is 874 g/mol. The molecule has 1 saturated carbocycles. The van der Waals surface area contributed by atoms with Gasteiger partial charge in [-0.05, 0) is 50.5 Å². The van der Waals surface area contributed by atoms with Gasteiger partial charge in [0.05, 0.1) is 19.5 Å². The van der Waals surface area contributed by atoms with Crippen LogP contribution in [0.15, 0.2) is 158 Å². The van der Waals surface area contributed by atoms with Crippen molar-refractivity contribution >= 4 is 35.7 Å². The summed E-state index contributed by atoms with van der Waals surface area (Å²) in [6.45, 7) is 7.32. The minimum atomic E-state index is -2.93. The molecule has 5 aromatic carbocycles. The number of hydrogen-bond acceptors (Lipinski definition) is 9. The third-order valence-electron chi connectivity index (χ3n) is 13.2. The van der Waals surface area contributed by atoms with E-state index in [1.807, 2.05) is 36.4 Å². The van der Waals surface area contributed by atoms with E-state index in [1.165, 1.54) is 29.6 Å². The van der Waals surface area contributed by atoms with E-state index in [0.29, 0.717) is 29.6 Å². The van der Waals surface area contributed by atoms with E-state index in [1.54, 1.807) is 24.3 Å². The van der Waals surface area contributed by atoms with Crippen molar-refractivity contribution in [2.24, 2.45) is 0 Å². The van der Waals surface area contributed by atoms with E-state index in [-0.39, 0.29) is 11.6 Å². The Morgan fingerprint density at radius 3 is 1.91 bits per heavy atom. The number of methoxy groups -OCH3 is 1. The standard InChI is InChI=1S/C53H59N5O5Si/c1-52(2,3)64(42-29-16-8-17-30-42,43-31-18-9-19-32-43)62-34-38-22-20-21-33-44(38)53(39-23-10-5-11-24-39,40-25-12-6-13-26-40)61-35-45-48(60-4)47(59)51(63-45)58-37-56-46-49(54-36-55-50(46)58)57-41-27-14-7-15-28-41/h5-6,8-13,16-26,29-33,36-37,41,45,47-48,51,59H,7,14-15,27-28,34-35H2,1-4H3,(H,54,55,57)/t45-,47-,48-,51-/m1/s1. The van der Waals surface area contributed by atoms with E-state index < -0.39 is 38.5 Å². The molecule has 1 aliphatic carbocycles. The van der Waals surface area contributed by atoms with Crippen LogP contribution < -0.4 is 15.7 Å². The van der Waals surface area contributed by atoms with Gasteiger partial charge in [-0.1, -0.05) is 186 Å². The lowest BCUT2D eigenvalue weighted by molar-refractivity contribution is -0.0984. The van der Waals surface area contributed by atoms with Crippen molar-refractivity contribution in [3.8, 4) is 0 Å². The third-order valence-corrected chi connectivity index (χ3v) is 18.2. The minimum absolute atomic E-state index is 0.0792. The smallest absolute Gasteiger partial charge is 0.261 e. The summed E-state index contributed by atoms with van der Waals surface area (Å²) in [5.41, 5.74) is 3.92. The van der Waals surface area contributed by atoms with Crippen molar-refractivity contribution in [3.63, 3.8) is 0 Å². The molecular weight excluding hydrogens is 815 g/mol. The van der Waals surface area contributed by atoms with Gasteiger partial charge in [-0.2, -0.15) is 0 Å². The molecule has 9 rings (SSSR count). The number of fused-ring (bicyclic) bond motifs is 1. The van der Waals surface area contributed by atoms with Gasteiger partial charge >= 0.3 is 0 Å². The first-order valence-corrected chi connectivity index (χ1v) is 24.5. The molecule has 0 radical (unpaired) electrons. The molecule has 2 fully saturated rings. The van der Waals surface area contributed by atoms with Gasteiger partial charge in [-0.3, -0.25) is 4.57 Å². The Balaban J connectivity index is 1.09. The maximum Gasteiger partial charge on any atom is 0.261 e. The van der Waals surface area contributed by atoms with Gasteiger partial charge in [0.15, 0.2) is 23.2 Å². The number of nitrogens with one attached hydrogen (secondary N) is 1. The fourth-order valence-electron chi connectivity index (χ4n) is 10.2. The molecular formula is C53H59N5O5Si. The molecule has 2 aliphatic rings. The number of nitrogens with zero attached hydrogens (tertiary/aromatic N) is 4. The highest BCUT2D eigenvalue weighted by Crippen LogP contribution is 2.45. The highest BCUT2D eigenvalue weighted by molar-refractivity contribution is 6.99. The van der Waals surface area contributed by atoms with Gasteiger partial charge in [-0.15, -0.1) is 0 Å².